The molecule has 1 atom stereocenters. The van der Waals surface area contributed by atoms with Gasteiger partial charge >= 0.3 is 6.18 Å². The third kappa shape index (κ3) is 9.99. The van der Waals surface area contributed by atoms with E-state index in [0.717, 1.165) is 10.5 Å². The van der Waals surface area contributed by atoms with Gasteiger partial charge in [0, 0.05) is 10.9 Å². The predicted molar refractivity (Wildman–Crippen MR) is 118 cm³/mol. The molecule has 0 saturated heterocycles. The molecule has 0 aliphatic heterocycles. The monoisotopic (exact) mass is 501 g/mol. The molecule has 0 bridgehead atoms. The minimum absolute atomic E-state index is 0.0265. The number of halogens is 4. The molecule has 2 aromatic carbocycles. The second-order valence-electron chi connectivity index (χ2n) is 6.45. The number of rotatable bonds is 5. The van der Waals surface area contributed by atoms with E-state index in [2.05, 4.69) is 15.9 Å². The van der Waals surface area contributed by atoms with Crippen LogP contribution >= 0.6 is 15.9 Å². The first-order chi connectivity index (χ1) is 14.4. The van der Waals surface area contributed by atoms with Crippen LogP contribution in [0, 0.1) is 18.3 Å². The first kappa shape index (κ1) is 28.6. The van der Waals surface area contributed by atoms with Crippen LogP contribution in [0.15, 0.2) is 46.9 Å². The molecule has 0 heterocycles. The number of Topliss-reactive ketones (excluding diaryl/α,β-unsaturated/α-hetero) is 1. The van der Waals surface area contributed by atoms with Crippen LogP contribution in [0.5, 0.6) is 5.75 Å². The molecule has 0 fully saturated rings. The van der Waals surface area contributed by atoms with E-state index in [-0.39, 0.29) is 18.0 Å². The number of nitrogens with zero attached hydrogens (tertiary/aromatic N) is 1. The van der Waals surface area contributed by atoms with Gasteiger partial charge in [-0.1, -0.05) is 48.3 Å². The zero-order valence-electron chi connectivity index (χ0n) is 18.2. The van der Waals surface area contributed by atoms with E-state index in [4.69, 9.17) is 10.00 Å². The number of aryl methyl sites for hydroxylation is 1. The van der Waals surface area contributed by atoms with Crippen molar-refractivity contribution in [2.75, 3.05) is 6.61 Å². The molecule has 2 rings (SSSR count). The van der Waals surface area contributed by atoms with Crippen molar-refractivity contribution in [3.8, 4) is 11.8 Å². The first-order valence-electron chi connectivity index (χ1n) is 9.62. The Bertz CT molecular complexity index is 873. The number of aliphatic hydroxyl groups is 1. The van der Waals surface area contributed by atoms with E-state index in [1.54, 1.807) is 26.0 Å². The van der Waals surface area contributed by atoms with Gasteiger partial charge in [0.25, 0.3) is 0 Å². The van der Waals surface area contributed by atoms with Crippen LogP contribution in [0.1, 0.15) is 50.8 Å². The number of hydrogen-bond acceptors (Lipinski definition) is 4. The molecular weight excluding hydrogens is 475 g/mol. The molecule has 8 heteroatoms. The molecule has 0 saturated carbocycles. The normalized spacial score (nSPS) is 12.2. The lowest BCUT2D eigenvalue weighted by molar-refractivity contribution is -0.138. The Kier molecular flexibility index (Phi) is 12.1. The standard InChI is InChI=1S/C12H15BrO3.C9H6F3N.C2H6/c1-3-11(14)12(2,15)8-16-10-6-4-9(13)5-7-10;1-6-2-3-7(5-13)8(4-6)9(10,11)12;1-2/h4-7,15H,3,8H2,1-2H3;2-4H,1H3;1-2H3/t12-;;/m0../s1. The summed E-state index contributed by atoms with van der Waals surface area (Å²) in [4.78, 5) is 11.4. The van der Waals surface area contributed by atoms with Crippen molar-refractivity contribution < 1.29 is 27.8 Å². The third-order valence-electron chi connectivity index (χ3n) is 3.86. The van der Waals surface area contributed by atoms with Gasteiger partial charge in [-0.15, -0.1) is 0 Å². The average Bonchev–Trinajstić information content (AvgIpc) is 2.74. The highest BCUT2D eigenvalue weighted by atomic mass is 79.9. The average molecular weight is 502 g/mol. The number of carbonyl (C=O) groups is 1. The zero-order valence-corrected chi connectivity index (χ0v) is 19.8. The van der Waals surface area contributed by atoms with Crippen LogP contribution in [0.25, 0.3) is 0 Å². The molecular formula is C23H27BrF3NO3. The molecule has 0 aromatic heterocycles. The highest BCUT2D eigenvalue weighted by Gasteiger charge is 2.33. The van der Waals surface area contributed by atoms with E-state index in [1.165, 1.54) is 25.1 Å². The number of carbonyl (C=O) groups excluding carboxylic acids is 1. The van der Waals surface area contributed by atoms with Crippen molar-refractivity contribution >= 4 is 21.7 Å². The topological polar surface area (TPSA) is 70.3 Å². The van der Waals surface area contributed by atoms with Gasteiger partial charge in [-0.05, 0) is 50.2 Å². The van der Waals surface area contributed by atoms with Gasteiger partial charge < -0.3 is 9.84 Å². The van der Waals surface area contributed by atoms with Crippen LogP contribution in [0.3, 0.4) is 0 Å². The molecule has 2 aromatic rings. The fraction of sp³-hybridized carbons (Fsp3) is 0.391. The van der Waals surface area contributed by atoms with Crippen molar-refractivity contribution in [3.05, 3.63) is 63.6 Å². The van der Waals surface area contributed by atoms with Gasteiger partial charge in [0.2, 0.25) is 0 Å². The minimum Gasteiger partial charge on any atom is -0.490 e. The maximum Gasteiger partial charge on any atom is 0.417 e. The number of nitriles is 1. The molecule has 0 radical (unpaired) electrons. The van der Waals surface area contributed by atoms with Crippen molar-refractivity contribution in [3.63, 3.8) is 0 Å². The van der Waals surface area contributed by atoms with Crippen molar-refractivity contribution in [2.24, 2.45) is 0 Å². The van der Waals surface area contributed by atoms with Crippen molar-refractivity contribution in [2.45, 2.75) is 52.8 Å². The fourth-order valence-corrected chi connectivity index (χ4v) is 2.47. The Balaban J connectivity index is 0.000000547. The molecule has 0 amide bonds. The van der Waals surface area contributed by atoms with Crippen LogP contribution in [0.2, 0.25) is 0 Å². The Morgan fingerprint density at radius 1 is 1.16 bits per heavy atom. The lowest BCUT2D eigenvalue weighted by Crippen LogP contribution is -2.40. The van der Waals surface area contributed by atoms with E-state index < -0.39 is 17.3 Å². The van der Waals surface area contributed by atoms with E-state index in [9.17, 15) is 23.1 Å². The summed E-state index contributed by atoms with van der Waals surface area (Å²) >= 11 is 3.31. The van der Waals surface area contributed by atoms with Crippen LogP contribution < -0.4 is 4.74 Å². The van der Waals surface area contributed by atoms with E-state index >= 15 is 0 Å². The van der Waals surface area contributed by atoms with Crippen LogP contribution in [-0.4, -0.2) is 23.1 Å². The largest absolute Gasteiger partial charge is 0.490 e. The van der Waals surface area contributed by atoms with Gasteiger partial charge in [-0.25, -0.2) is 0 Å². The summed E-state index contributed by atoms with van der Waals surface area (Å²) in [6.07, 6.45) is -4.15. The third-order valence-corrected chi connectivity index (χ3v) is 4.38. The molecule has 31 heavy (non-hydrogen) atoms. The number of hydrogen-bond donors (Lipinski definition) is 1. The number of ketones is 1. The molecule has 1 N–H and O–H groups in total. The maximum absolute atomic E-state index is 12.3. The Morgan fingerprint density at radius 3 is 2.16 bits per heavy atom. The summed E-state index contributed by atoms with van der Waals surface area (Å²) < 4.78 is 43.1. The lowest BCUT2D eigenvalue weighted by atomic mass is 10.0. The molecule has 0 unspecified atom stereocenters. The van der Waals surface area contributed by atoms with Gasteiger partial charge in [0.05, 0.1) is 17.2 Å². The Hall–Kier alpha value is -2.37. The van der Waals surface area contributed by atoms with E-state index in [0.29, 0.717) is 17.7 Å². The number of alkyl halides is 3. The van der Waals surface area contributed by atoms with Crippen LogP contribution in [0.4, 0.5) is 13.2 Å². The van der Waals surface area contributed by atoms with Gasteiger partial charge in [0.15, 0.2) is 11.4 Å². The van der Waals surface area contributed by atoms with Gasteiger partial charge in [-0.3, -0.25) is 4.79 Å². The lowest BCUT2D eigenvalue weighted by Gasteiger charge is -2.21. The maximum atomic E-state index is 12.3. The predicted octanol–water partition coefficient (Wildman–Crippen LogP) is 6.47. The van der Waals surface area contributed by atoms with Gasteiger partial charge in [-0.2, -0.15) is 18.4 Å². The van der Waals surface area contributed by atoms with E-state index in [1.807, 2.05) is 26.0 Å². The zero-order chi connectivity index (χ0) is 24.2. The summed E-state index contributed by atoms with van der Waals surface area (Å²) in [5.41, 5.74) is -2.12. The smallest absolute Gasteiger partial charge is 0.417 e. The summed E-state index contributed by atoms with van der Waals surface area (Å²) in [6.45, 7) is 8.71. The highest BCUT2D eigenvalue weighted by Crippen LogP contribution is 2.32. The van der Waals surface area contributed by atoms with Crippen LogP contribution in [-0.2, 0) is 11.0 Å². The summed E-state index contributed by atoms with van der Waals surface area (Å²) in [6, 6.07) is 12.4. The Labute approximate surface area is 189 Å². The number of benzene rings is 2. The van der Waals surface area contributed by atoms with Crippen molar-refractivity contribution in [1.29, 1.82) is 5.26 Å². The summed E-state index contributed by atoms with van der Waals surface area (Å²) in [7, 11) is 0. The second-order valence-corrected chi connectivity index (χ2v) is 7.37. The number of ether oxygens (including phenoxy) is 1. The van der Waals surface area contributed by atoms with Gasteiger partial charge in [0.1, 0.15) is 12.4 Å². The Morgan fingerprint density at radius 2 is 1.71 bits per heavy atom. The molecule has 0 spiro atoms. The summed E-state index contributed by atoms with van der Waals surface area (Å²) in [5.74, 6) is 0.414. The molecule has 0 aliphatic carbocycles. The summed E-state index contributed by atoms with van der Waals surface area (Å²) in [5, 5.41) is 18.2. The fourth-order valence-electron chi connectivity index (χ4n) is 2.21. The SMILES string of the molecule is CC.CCC(=O)[C@@](C)(O)COc1ccc(Br)cc1.Cc1ccc(C#N)c(C(F)(F)F)c1. The first-order valence-corrected chi connectivity index (χ1v) is 10.4. The highest BCUT2D eigenvalue weighted by molar-refractivity contribution is 9.10. The molecule has 0 aliphatic rings. The van der Waals surface area contributed by atoms with Crippen molar-refractivity contribution in [1.82, 2.24) is 0 Å². The molecule has 4 nitrogen and oxygen atoms in total. The molecule has 170 valence electrons. The minimum atomic E-state index is -4.45. The second kappa shape index (κ2) is 13.1. The quantitative estimate of drug-likeness (QED) is 0.509.